The SMILES string of the molecule is CCNC(=O)[C@H]1O[C@@H](n2cnc3c(N)nc(C#CCN4CCNCC4)nc32)[C@@H](O)[C@H]1O. The van der Waals surface area contributed by atoms with Gasteiger partial charge in [0.25, 0.3) is 5.91 Å². The number of aliphatic hydroxyl groups is 2. The lowest BCUT2D eigenvalue weighted by molar-refractivity contribution is -0.137. The van der Waals surface area contributed by atoms with Crippen LogP contribution in [0.5, 0.6) is 0 Å². The van der Waals surface area contributed by atoms with Crippen LogP contribution >= 0.6 is 0 Å². The van der Waals surface area contributed by atoms with Crippen molar-refractivity contribution in [2.24, 2.45) is 0 Å². The summed E-state index contributed by atoms with van der Waals surface area (Å²) in [4.78, 5) is 27.2. The molecular formula is C19H26N8O4. The number of carbonyl (C=O) groups is 1. The minimum Gasteiger partial charge on any atom is -0.387 e. The summed E-state index contributed by atoms with van der Waals surface area (Å²) < 4.78 is 7.09. The number of imidazole rings is 1. The molecule has 0 spiro atoms. The maximum Gasteiger partial charge on any atom is 0.252 e. The molecule has 0 bridgehead atoms. The van der Waals surface area contributed by atoms with Crippen LogP contribution in [0.3, 0.4) is 0 Å². The minimum atomic E-state index is -1.40. The molecule has 4 heterocycles. The maximum atomic E-state index is 12.1. The monoisotopic (exact) mass is 430 g/mol. The number of amides is 1. The third-order valence-corrected chi connectivity index (χ3v) is 5.28. The summed E-state index contributed by atoms with van der Waals surface area (Å²) in [5.74, 6) is 5.84. The number of piperazine rings is 1. The fourth-order valence-corrected chi connectivity index (χ4v) is 3.66. The number of aliphatic hydroxyl groups excluding tert-OH is 2. The number of hydrogen-bond donors (Lipinski definition) is 5. The van der Waals surface area contributed by atoms with Gasteiger partial charge in [-0.05, 0) is 12.8 Å². The number of aromatic nitrogens is 4. The summed E-state index contributed by atoms with van der Waals surface area (Å²) in [6, 6.07) is 0. The van der Waals surface area contributed by atoms with Gasteiger partial charge in [0.1, 0.15) is 17.7 Å². The van der Waals surface area contributed by atoms with Crippen LogP contribution in [0, 0.1) is 11.8 Å². The van der Waals surface area contributed by atoms with Gasteiger partial charge in [0.05, 0.1) is 12.9 Å². The molecule has 2 aromatic rings. The lowest BCUT2D eigenvalue weighted by Gasteiger charge is -2.24. The summed E-state index contributed by atoms with van der Waals surface area (Å²) in [7, 11) is 0. The highest BCUT2D eigenvalue weighted by molar-refractivity contribution is 5.83. The van der Waals surface area contributed by atoms with Gasteiger partial charge in [-0.1, -0.05) is 5.92 Å². The van der Waals surface area contributed by atoms with Crippen molar-refractivity contribution >= 4 is 22.9 Å². The molecule has 0 saturated carbocycles. The number of nitrogens with two attached hydrogens (primary N) is 1. The average Bonchev–Trinajstić information content (AvgIpc) is 3.31. The summed E-state index contributed by atoms with van der Waals surface area (Å²) >= 11 is 0. The van der Waals surface area contributed by atoms with E-state index in [4.69, 9.17) is 10.5 Å². The number of fused-ring (bicyclic) bond motifs is 1. The summed E-state index contributed by atoms with van der Waals surface area (Å²) in [5, 5.41) is 26.6. The maximum absolute atomic E-state index is 12.1. The Kier molecular flexibility index (Phi) is 6.30. The molecule has 6 N–H and O–H groups in total. The minimum absolute atomic E-state index is 0.142. The molecule has 4 rings (SSSR count). The second kappa shape index (κ2) is 9.13. The Labute approximate surface area is 178 Å². The molecule has 0 aromatic carbocycles. The first-order chi connectivity index (χ1) is 15.0. The molecule has 2 saturated heterocycles. The zero-order valence-electron chi connectivity index (χ0n) is 17.2. The Morgan fingerprint density at radius 3 is 2.87 bits per heavy atom. The Hall–Kier alpha value is -2.82. The molecular weight excluding hydrogens is 404 g/mol. The molecule has 12 nitrogen and oxygen atoms in total. The van der Waals surface area contributed by atoms with Crippen molar-refractivity contribution in [3.05, 3.63) is 12.2 Å². The van der Waals surface area contributed by atoms with E-state index in [0.717, 1.165) is 26.2 Å². The van der Waals surface area contributed by atoms with E-state index in [9.17, 15) is 15.0 Å². The normalized spacial score (nSPS) is 26.5. The second-order valence-corrected chi connectivity index (χ2v) is 7.41. The number of ether oxygens (including phenoxy) is 1. The molecule has 2 aromatic heterocycles. The van der Waals surface area contributed by atoms with Gasteiger partial charge in [-0.15, -0.1) is 0 Å². The van der Waals surface area contributed by atoms with E-state index in [0.29, 0.717) is 24.3 Å². The molecule has 0 unspecified atom stereocenters. The number of carbonyl (C=O) groups excluding carboxylic acids is 1. The molecule has 2 aliphatic rings. The van der Waals surface area contributed by atoms with E-state index in [-0.39, 0.29) is 11.6 Å². The van der Waals surface area contributed by atoms with Gasteiger partial charge < -0.3 is 31.3 Å². The molecule has 0 aliphatic carbocycles. The summed E-state index contributed by atoms with van der Waals surface area (Å²) in [5.41, 5.74) is 6.65. The molecule has 4 atom stereocenters. The van der Waals surface area contributed by atoms with Crippen molar-refractivity contribution in [1.29, 1.82) is 0 Å². The number of hydrogen-bond acceptors (Lipinski definition) is 10. The number of likely N-dealkylation sites (N-methyl/N-ethyl adjacent to an activating group) is 1. The third kappa shape index (κ3) is 4.32. The van der Waals surface area contributed by atoms with E-state index in [1.165, 1.54) is 10.9 Å². The van der Waals surface area contributed by atoms with Gasteiger partial charge in [-0.2, -0.15) is 0 Å². The van der Waals surface area contributed by atoms with Gasteiger partial charge in [0, 0.05) is 32.7 Å². The van der Waals surface area contributed by atoms with Gasteiger partial charge in [0.15, 0.2) is 23.8 Å². The predicted molar refractivity (Wildman–Crippen MR) is 111 cm³/mol. The van der Waals surface area contributed by atoms with Crippen LogP contribution in [0.15, 0.2) is 6.33 Å². The summed E-state index contributed by atoms with van der Waals surface area (Å²) in [6.07, 6.45) is -3.65. The van der Waals surface area contributed by atoms with Crippen LogP contribution in [-0.4, -0.2) is 98.1 Å². The van der Waals surface area contributed by atoms with Gasteiger partial charge in [0.2, 0.25) is 5.82 Å². The number of anilines is 1. The standard InChI is InChI=1S/C19H26N8O4/c1-2-22-18(30)15-13(28)14(29)19(31-15)27-10-23-12-16(20)24-11(25-17(12)27)4-3-7-26-8-5-21-6-9-26/h10,13-15,19,21,28-29H,2,5-9H2,1H3,(H,22,30)(H2,20,24,25)/t13-,14+,15+,19-/m1/s1. The highest BCUT2D eigenvalue weighted by Gasteiger charge is 2.47. The molecule has 1 amide bonds. The van der Waals surface area contributed by atoms with E-state index in [1.807, 2.05) is 0 Å². The Morgan fingerprint density at radius 2 is 2.13 bits per heavy atom. The van der Waals surface area contributed by atoms with Crippen LogP contribution in [0.25, 0.3) is 11.2 Å². The van der Waals surface area contributed by atoms with Crippen molar-refractivity contribution in [1.82, 2.24) is 35.1 Å². The highest BCUT2D eigenvalue weighted by atomic mass is 16.6. The molecule has 12 heteroatoms. The van der Waals surface area contributed by atoms with Crippen molar-refractivity contribution in [2.45, 2.75) is 31.5 Å². The van der Waals surface area contributed by atoms with Crippen LogP contribution in [0.2, 0.25) is 0 Å². The number of rotatable bonds is 4. The first kappa shape index (κ1) is 21.4. The van der Waals surface area contributed by atoms with Crippen LogP contribution < -0.4 is 16.4 Å². The first-order valence-corrected chi connectivity index (χ1v) is 10.2. The number of nitrogens with zero attached hydrogens (tertiary/aromatic N) is 5. The molecule has 31 heavy (non-hydrogen) atoms. The van der Waals surface area contributed by atoms with Crippen LogP contribution in [0.1, 0.15) is 19.0 Å². The number of nitrogens with one attached hydrogen (secondary N) is 2. The molecule has 2 fully saturated rings. The van der Waals surface area contributed by atoms with Crippen molar-refractivity contribution in [2.75, 3.05) is 45.0 Å². The lowest BCUT2D eigenvalue weighted by atomic mass is 10.1. The zero-order valence-corrected chi connectivity index (χ0v) is 17.2. The van der Waals surface area contributed by atoms with Crippen molar-refractivity contribution in [3.8, 4) is 11.8 Å². The zero-order chi connectivity index (χ0) is 22.0. The fraction of sp³-hybridized carbons (Fsp3) is 0.579. The quantitative estimate of drug-likeness (QED) is 0.326. The fourth-order valence-electron chi connectivity index (χ4n) is 3.66. The molecule has 166 valence electrons. The third-order valence-electron chi connectivity index (χ3n) is 5.28. The predicted octanol–water partition coefficient (Wildman–Crippen LogP) is -2.58. The van der Waals surface area contributed by atoms with Crippen molar-refractivity contribution in [3.63, 3.8) is 0 Å². The molecule has 0 radical (unpaired) electrons. The Morgan fingerprint density at radius 1 is 1.35 bits per heavy atom. The van der Waals surface area contributed by atoms with Crippen LogP contribution in [0.4, 0.5) is 5.82 Å². The van der Waals surface area contributed by atoms with E-state index in [2.05, 4.69) is 42.3 Å². The lowest BCUT2D eigenvalue weighted by Crippen LogP contribution is -2.43. The van der Waals surface area contributed by atoms with Crippen molar-refractivity contribution < 1.29 is 19.7 Å². The first-order valence-electron chi connectivity index (χ1n) is 10.2. The largest absolute Gasteiger partial charge is 0.387 e. The van der Waals surface area contributed by atoms with E-state index >= 15 is 0 Å². The van der Waals surface area contributed by atoms with Crippen LogP contribution in [-0.2, 0) is 9.53 Å². The number of nitrogen functional groups attached to an aromatic ring is 1. The van der Waals surface area contributed by atoms with E-state index in [1.54, 1.807) is 6.92 Å². The van der Waals surface area contributed by atoms with Gasteiger partial charge in [-0.25, -0.2) is 15.0 Å². The Bertz CT molecular complexity index is 1010. The molecule has 2 aliphatic heterocycles. The average molecular weight is 430 g/mol. The highest BCUT2D eigenvalue weighted by Crippen LogP contribution is 2.32. The van der Waals surface area contributed by atoms with Gasteiger partial charge in [-0.3, -0.25) is 14.3 Å². The topological polar surface area (TPSA) is 164 Å². The summed E-state index contributed by atoms with van der Waals surface area (Å²) in [6.45, 7) is 6.44. The smallest absolute Gasteiger partial charge is 0.252 e. The second-order valence-electron chi connectivity index (χ2n) is 7.41. The Balaban J connectivity index is 1.58. The van der Waals surface area contributed by atoms with Gasteiger partial charge >= 0.3 is 0 Å². The van der Waals surface area contributed by atoms with E-state index < -0.39 is 30.4 Å².